The molecular formula is C46H30B2N2O. The highest BCUT2D eigenvalue weighted by molar-refractivity contribution is 7.12. The van der Waals surface area contributed by atoms with E-state index in [1.54, 1.807) is 0 Å². The number of fused-ring (bicyclic) bond motifs is 8. The Balaban J connectivity index is 1.32. The van der Waals surface area contributed by atoms with Gasteiger partial charge < -0.3 is 14.5 Å². The van der Waals surface area contributed by atoms with Crippen molar-refractivity contribution in [1.29, 1.82) is 0 Å². The number of nitrogens with zero attached hydrogens (tertiary/aromatic N) is 2. The number of rotatable bonds is 3. The Bertz CT molecular complexity index is 2640. The van der Waals surface area contributed by atoms with E-state index in [0.29, 0.717) is 0 Å². The summed E-state index contributed by atoms with van der Waals surface area (Å²) < 4.78 is 7.22. The van der Waals surface area contributed by atoms with Gasteiger partial charge in [0.25, 0.3) is 0 Å². The van der Waals surface area contributed by atoms with E-state index in [9.17, 15) is 0 Å². The third kappa shape index (κ3) is 4.09. The Hall–Kier alpha value is -6.45. The molecule has 8 aromatic rings. The van der Waals surface area contributed by atoms with Gasteiger partial charge in [-0.05, 0) is 58.8 Å². The quantitative estimate of drug-likeness (QED) is 0.184. The standard InChI is InChI=1S/C46H30B2N2O/c1-3-18-32(19-4-1)47-35-23-9-10-24-36(35)48-37-25-11-12-26-40(37)49(33-20-5-2-6-21-33)45-44(48)38(47)30-42-46(45)51-43-29-14-13-27-41(43)50(42)39-28-15-17-31-16-7-8-22-34(31)39/h1-30H. The smallest absolute Gasteiger partial charge is 0.245 e. The van der Waals surface area contributed by atoms with Crippen molar-refractivity contribution in [2.75, 3.05) is 9.80 Å². The fraction of sp³-hybridized carbons (Fsp3) is 0. The zero-order valence-corrected chi connectivity index (χ0v) is 27.8. The Morgan fingerprint density at radius 3 is 1.84 bits per heavy atom. The van der Waals surface area contributed by atoms with E-state index in [-0.39, 0.29) is 13.4 Å². The van der Waals surface area contributed by atoms with Crippen LogP contribution >= 0.6 is 0 Å². The summed E-state index contributed by atoms with van der Waals surface area (Å²) in [4.78, 5) is 4.89. The van der Waals surface area contributed by atoms with Crippen LogP contribution in [-0.4, -0.2) is 13.4 Å². The number of ether oxygens (including phenoxy) is 1. The average Bonchev–Trinajstić information content (AvgIpc) is 3.20. The molecule has 3 heterocycles. The second-order valence-corrected chi connectivity index (χ2v) is 13.6. The summed E-state index contributed by atoms with van der Waals surface area (Å²) in [5.41, 5.74) is 14.5. The van der Waals surface area contributed by atoms with Crippen molar-refractivity contribution in [2.24, 2.45) is 0 Å². The van der Waals surface area contributed by atoms with Gasteiger partial charge in [-0.25, -0.2) is 0 Å². The Morgan fingerprint density at radius 1 is 0.412 bits per heavy atom. The lowest BCUT2D eigenvalue weighted by atomic mass is 9.20. The molecule has 0 atom stereocenters. The number of anilines is 6. The van der Waals surface area contributed by atoms with Crippen LogP contribution < -0.4 is 47.3 Å². The first-order chi connectivity index (χ1) is 25.3. The Morgan fingerprint density at radius 2 is 1.02 bits per heavy atom. The van der Waals surface area contributed by atoms with E-state index >= 15 is 0 Å². The van der Waals surface area contributed by atoms with Crippen LogP contribution in [0.4, 0.5) is 34.1 Å². The van der Waals surface area contributed by atoms with E-state index in [0.717, 1.165) is 39.9 Å². The molecule has 0 amide bonds. The van der Waals surface area contributed by atoms with Gasteiger partial charge in [0.05, 0.1) is 22.7 Å². The first-order valence-corrected chi connectivity index (χ1v) is 17.7. The van der Waals surface area contributed by atoms with E-state index in [1.165, 1.54) is 49.2 Å². The molecule has 0 spiro atoms. The van der Waals surface area contributed by atoms with Crippen molar-refractivity contribution in [3.8, 4) is 11.5 Å². The Kier molecular flexibility index (Phi) is 6.14. The van der Waals surface area contributed by atoms with Gasteiger partial charge in [0.15, 0.2) is 11.5 Å². The summed E-state index contributed by atoms with van der Waals surface area (Å²) in [6, 6.07) is 66.1. The van der Waals surface area contributed by atoms with Crippen LogP contribution in [0.25, 0.3) is 10.8 Å². The molecule has 0 unspecified atom stereocenters. The van der Waals surface area contributed by atoms with Gasteiger partial charge in [-0.15, -0.1) is 0 Å². The highest BCUT2D eigenvalue weighted by atomic mass is 16.5. The van der Waals surface area contributed by atoms with Gasteiger partial charge in [0.2, 0.25) is 13.4 Å². The Labute approximate surface area is 298 Å². The van der Waals surface area contributed by atoms with Crippen molar-refractivity contribution in [1.82, 2.24) is 0 Å². The molecule has 5 heteroatoms. The van der Waals surface area contributed by atoms with Crippen molar-refractivity contribution < 1.29 is 4.74 Å². The molecule has 0 N–H and O–H groups in total. The van der Waals surface area contributed by atoms with Crippen LogP contribution in [0.3, 0.4) is 0 Å². The zero-order valence-electron chi connectivity index (χ0n) is 27.8. The number of hydrogen-bond donors (Lipinski definition) is 0. The first-order valence-electron chi connectivity index (χ1n) is 17.7. The van der Waals surface area contributed by atoms with Gasteiger partial charge in [-0.2, -0.15) is 0 Å². The highest BCUT2D eigenvalue weighted by Crippen LogP contribution is 2.56. The van der Waals surface area contributed by atoms with Gasteiger partial charge in [-0.3, -0.25) is 0 Å². The maximum Gasteiger partial charge on any atom is 0.245 e. The molecule has 0 aromatic heterocycles. The minimum Gasteiger partial charge on any atom is -0.451 e. The molecule has 11 rings (SSSR count). The zero-order chi connectivity index (χ0) is 33.5. The van der Waals surface area contributed by atoms with Crippen LogP contribution in [0.2, 0.25) is 0 Å². The van der Waals surface area contributed by atoms with Crippen LogP contribution in [0.15, 0.2) is 182 Å². The summed E-state index contributed by atoms with van der Waals surface area (Å²) in [5, 5.41) is 2.40. The lowest BCUT2D eigenvalue weighted by Gasteiger charge is -2.45. The summed E-state index contributed by atoms with van der Waals surface area (Å²) in [5.74, 6) is 1.71. The largest absolute Gasteiger partial charge is 0.451 e. The van der Waals surface area contributed by atoms with Crippen LogP contribution in [0, 0.1) is 0 Å². The highest BCUT2D eigenvalue weighted by Gasteiger charge is 2.48. The van der Waals surface area contributed by atoms with Crippen LogP contribution in [0.1, 0.15) is 0 Å². The van der Waals surface area contributed by atoms with Crippen molar-refractivity contribution >= 4 is 91.1 Å². The SMILES string of the molecule is c1ccc(B2c3ccccc3B3c4ccccc4N(c4ccccc4)c4c5c(cc2c43)N(c2cccc3ccccc23)c2ccccc2O5)cc1. The summed E-state index contributed by atoms with van der Waals surface area (Å²) in [7, 11) is 0. The molecule has 3 nitrogen and oxygen atoms in total. The number of benzene rings is 8. The number of para-hydroxylation sites is 4. The first kappa shape index (κ1) is 28.4. The molecule has 0 radical (unpaired) electrons. The minimum absolute atomic E-state index is 0.0344. The third-order valence-electron chi connectivity index (χ3n) is 10.9. The maximum atomic E-state index is 7.22. The summed E-state index contributed by atoms with van der Waals surface area (Å²) in [6.45, 7) is 0.0755. The lowest BCUT2D eigenvalue weighted by Crippen LogP contribution is -2.76. The molecule has 3 aliphatic heterocycles. The van der Waals surface area contributed by atoms with E-state index in [2.05, 4.69) is 192 Å². The van der Waals surface area contributed by atoms with E-state index in [4.69, 9.17) is 4.74 Å². The maximum absolute atomic E-state index is 7.22. The van der Waals surface area contributed by atoms with Crippen molar-refractivity contribution in [3.63, 3.8) is 0 Å². The average molecular weight is 648 g/mol. The fourth-order valence-corrected chi connectivity index (χ4v) is 8.92. The third-order valence-corrected chi connectivity index (χ3v) is 10.9. The summed E-state index contributed by atoms with van der Waals surface area (Å²) >= 11 is 0. The molecular weight excluding hydrogens is 618 g/mol. The molecule has 0 saturated carbocycles. The number of hydrogen-bond acceptors (Lipinski definition) is 3. The topological polar surface area (TPSA) is 15.7 Å². The van der Waals surface area contributed by atoms with Crippen LogP contribution in [-0.2, 0) is 0 Å². The second-order valence-electron chi connectivity index (χ2n) is 13.6. The van der Waals surface area contributed by atoms with E-state index in [1.807, 2.05) is 0 Å². The molecule has 236 valence electrons. The lowest BCUT2D eigenvalue weighted by molar-refractivity contribution is 0.478. The summed E-state index contributed by atoms with van der Waals surface area (Å²) in [6.07, 6.45) is 0. The van der Waals surface area contributed by atoms with Gasteiger partial charge in [-0.1, -0.05) is 161 Å². The normalized spacial score (nSPS) is 13.5. The van der Waals surface area contributed by atoms with Gasteiger partial charge in [0, 0.05) is 16.8 Å². The predicted octanol–water partition coefficient (Wildman–Crippen LogP) is 7.54. The van der Waals surface area contributed by atoms with Gasteiger partial charge >= 0.3 is 0 Å². The van der Waals surface area contributed by atoms with Crippen molar-refractivity contribution in [2.45, 2.75) is 0 Å². The molecule has 51 heavy (non-hydrogen) atoms. The minimum atomic E-state index is 0.0344. The van der Waals surface area contributed by atoms with Crippen LogP contribution in [0.5, 0.6) is 11.5 Å². The monoisotopic (exact) mass is 648 g/mol. The molecule has 3 aliphatic rings. The second kappa shape index (κ2) is 11.0. The van der Waals surface area contributed by atoms with Crippen molar-refractivity contribution in [3.05, 3.63) is 182 Å². The fourth-order valence-electron chi connectivity index (χ4n) is 8.92. The van der Waals surface area contributed by atoms with E-state index < -0.39 is 0 Å². The molecule has 8 aromatic carbocycles. The molecule has 0 fully saturated rings. The molecule has 0 aliphatic carbocycles. The molecule has 0 bridgehead atoms. The van der Waals surface area contributed by atoms with Gasteiger partial charge in [0.1, 0.15) is 0 Å². The predicted molar refractivity (Wildman–Crippen MR) is 216 cm³/mol. The molecule has 0 saturated heterocycles.